The SMILES string of the molecule is Cc1ncccc1CNCC1CNCC1O.Cl. The number of nitrogens with one attached hydrogen (secondary N) is 2. The van der Waals surface area contributed by atoms with Gasteiger partial charge in [0.05, 0.1) is 6.10 Å². The Labute approximate surface area is 108 Å². The summed E-state index contributed by atoms with van der Waals surface area (Å²) in [6.45, 7) is 5.31. The molecule has 0 aliphatic carbocycles. The first-order valence-corrected chi connectivity index (χ1v) is 5.77. The van der Waals surface area contributed by atoms with Crippen LogP contribution in [0.1, 0.15) is 11.3 Å². The van der Waals surface area contributed by atoms with E-state index in [9.17, 15) is 5.11 Å². The molecule has 1 aliphatic heterocycles. The van der Waals surface area contributed by atoms with Gasteiger partial charge in [-0.2, -0.15) is 0 Å². The normalized spacial score (nSPS) is 23.4. The van der Waals surface area contributed by atoms with E-state index >= 15 is 0 Å². The number of hydrogen-bond donors (Lipinski definition) is 3. The van der Waals surface area contributed by atoms with Gasteiger partial charge < -0.3 is 15.7 Å². The van der Waals surface area contributed by atoms with Gasteiger partial charge in [-0.25, -0.2) is 0 Å². The standard InChI is InChI=1S/C12H19N3O.ClH/c1-9-10(3-2-4-15-9)5-13-6-11-7-14-8-12(11)16;/h2-4,11-14,16H,5-8H2,1H3;1H. The van der Waals surface area contributed by atoms with Gasteiger partial charge in [-0.1, -0.05) is 6.07 Å². The Balaban J connectivity index is 0.00000144. The van der Waals surface area contributed by atoms with Crippen molar-refractivity contribution in [2.75, 3.05) is 19.6 Å². The second kappa shape index (κ2) is 6.91. The fraction of sp³-hybridized carbons (Fsp3) is 0.583. The van der Waals surface area contributed by atoms with Crippen LogP contribution in [-0.2, 0) is 6.54 Å². The number of pyridine rings is 1. The van der Waals surface area contributed by atoms with Gasteiger partial charge in [0, 0.05) is 44.0 Å². The van der Waals surface area contributed by atoms with Crippen LogP contribution in [0.5, 0.6) is 0 Å². The van der Waals surface area contributed by atoms with Crippen LogP contribution < -0.4 is 10.6 Å². The molecule has 0 bridgehead atoms. The van der Waals surface area contributed by atoms with E-state index in [1.54, 1.807) is 0 Å². The highest BCUT2D eigenvalue weighted by Crippen LogP contribution is 2.08. The second-order valence-corrected chi connectivity index (χ2v) is 4.36. The minimum Gasteiger partial charge on any atom is -0.391 e. The number of aryl methyl sites for hydroxylation is 1. The van der Waals surface area contributed by atoms with Crippen molar-refractivity contribution in [2.24, 2.45) is 5.92 Å². The first kappa shape index (κ1) is 14.4. The Kier molecular flexibility index (Phi) is 5.85. The van der Waals surface area contributed by atoms with Crippen LogP contribution >= 0.6 is 12.4 Å². The molecule has 1 aromatic heterocycles. The molecule has 1 saturated heterocycles. The molecule has 3 N–H and O–H groups in total. The van der Waals surface area contributed by atoms with Crippen molar-refractivity contribution in [1.82, 2.24) is 15.6 Å². The van der Waals surface area contributed by atoms with Crippen LogP contribution in [0.4, 0.5) is 0 Å². The lowest BCUT2D eigenvalue weighted by Gasteiger charge is -2.14. The maximum atomic E-state index is 9.63. The number of aliphatic hydroxyl groups is 1. The quantitative estimate of drug-likeness (QED) is 0.735. The van der Waals surface area contributed by atoms with Gasteiger partial charge in [0.25, 0.3) is 0 Å². The largest absolute Gasteiger partial charge is 0.391 e. The Bertz CT molecular complexity index is 348. The molecule has 0 spiro atoms. The molecule has 5 heteroatoms. The van der Waals surface area contributed by atoms with Gasteiger partial charge in [0.1, 0.15) is 0 Å². The van der Waals surface area contributed by atoms with Gasteiger partial charge in [-0.3, -0.25) is 4.98 Å². The molecule has 0 radical (unpaired) electrons. The highest BCUT2D eigenvalue weighted by molar-refractivity contribution is 5.85. The lowest BCUT2D eigenvalue weighted by molar-refractivity contribution is 0.146. The topological polar surface area (TPSA) is 57.2 Å². The Morgan fingerprint density at radius 2 is 2.35 bits per heavy atom. The molecular formula is C12H20ClN3O. The molecule has 17 heavy (non-hydrogen) atoms. The predicted molar refractivity (Wildman–Crippen MR) is 70.3 cm³/mol. The summed E-state index contributed by atoms with van der Waals surface area (Å²) in [6.07, 6.45) is 1.60. The molecule has 0 saturated carbocycles. The van der Waals surface area contributed by atoms with Gasteiger partial charge >= 0.3 is 0 Å². The maximum Gasteiger partial charge on any atom is 0.0716 e. The van der Waals surface area contributed by atoms with E-state index in [4.69, 9.17) is 0 Å². The van der Waals surface area contributed by atoms with E-state index in [0.717, 1.165) is 31.9 Å². The minimum absolute atomic E-state index is 0. The molecule has 2 unspecified atom stereocenters. The van der Waals surface area contributed by atoms with E-state index in [1.165, 1.54) is 5.56 Å². The van der Waals surface area contributed by atoms with Crippen molar-refractivity contribution in [3.63, 3.8) is 0 Å². The summed E-state index contributed by atoms with van der Waals surface area (Å²) in [5.74, 6) is 0.331. The van der Waals surface area contributed by atoms with Crippen LogP contribution in [0.3, 0.4) is 0 Å². The first-order chi connectivity index (χ1) is 7.77. The van der Waals surface area contributed by atoms with E-state index in [0.29, 0.717) is 5.92 Å². The third-order valence-electron chi connectivity index (χ3n) is 3.14. The van der Waals surface area contributed by atoms with E-state index in [1.807, 2.05) is 19.2 Å². The van der Waals surface area contributed by atoms with Crippen LogP contribution in [0.15, 0.2) is 18.3 Å². The van der Waals surface area contributed by atoms with Gasteiger partial charge in [-0.05, 0) is 18.6 Å². The van der Waals surface area contributed by atoms with Crippen LogP contribution in [0, 0.1) is 12.8 Å². The van der Waals surface area contributed by atoms with Crippen molar-refractivity contribution >= 4 is 12.4 Å². The molecule has 96 valence electrons. The van der Waals surface area contributed by atoms with E-state index in [-0.39, 0.29) is 18.5 Å². The number of hydrogen-bond acceptors (Lipinski definition) is 4. The Hall–Kier alpha value is -0.680. The average Bonchev–Trinajstić information content (AvgIpc) is 2.67. The summed E-state index contributed by atoms with van der Waals surface area (Å²) in [6, 6.07) is 4.04. The highest BCUT2D eigenvalue weighted by Gasteiger charge is 2.23. The number of nitrogens with zero attached hydrogens (tertiary/aromatic N) is 1. The van der Waals surface area contributed by atoms with Crippen molar-refractivity contribution in [3.8, 4) is 0 Å². The van der Waals surface area contributed by atoms with Gasteiger partial charge in [-0.15, -0.1) is 12.4 Å². The first-order valence-electron chi connectivity index (χ1n) is 5.77. The lowest BCUT2D eigenvalue weighted by atomic mass is 10.1. The van der Waals surface area contributed by atoms with Crippen molar-refractivity contribution in [3.05, 3.63) is 29.6 Å². The second-order valence-electron chi connectivity index (χ2n) is 4.36. The van der Waals surface area contributed by atoms with Crippen LogP contribution in [0.25, 0.3) is 0 Å². The Morgan fingerprint density at radius 3 is 3.00 bits per heavy atom. The molecule has 2 rings (SSSR count). The smallest absolute Gasteiger partial charge is 0.0716 e. The molecular weight excluding hydrogens is 238 g/mol. The number of aromatic nitrogens is 1. The third-order valence-corrected chi connectivity index (χ3v) is 3.14. The number of rotatable bonds is 4. The number of halogens is 1. The molecule has 4 nitrogen and oxygen atoms in total. The maximum absolute atomic E-state index is 9.63. The third kappa shape index (κ3) is 3.92. The summed E-state index contributed by atoms with van der Waals surface area (Å²) in [5.41, 5.74) is 2.29. The predicted octanol–water partition coefficient (Wildman–Crippen LogP) is 0.482. The summed E-state index contributed by atoms with van der Waals surface area (Å²) >= 11 is 0. The zero-order valence-electron chi connectivity index (χ0n) is 10.0. The van der Waals surface area contributed by atoms with E-state index < -0.39 is 0 Å². The molecule has 2 atom stereocenters. The minimum atomic E-state index is -0.206. The highest BCUT2D eigenvalue weighted by atomic mass is 35.5. The summed E-state index contributed by atoms with van der Waals surface area (Å²) in [7, 11) is 0. The van der Waals surface area contributed by atoms with Crippen LogP contribution in [0.2, 0.25) is 0 Å². The average molecular weight is 258 g/mol. The molecule has 1 fully saturated rings. The zero-order valence-corrected chi connectivity index (χ0v) is 10.8. The number of β-amino-alcohol motifs (C(OH)–C–C–N with tert-alkyl or cyclic N) is 1. The summed E-state index contributed by atoms with van der Waals surface area (Å²) < 4.78 is 0. The Morgan fingerprint density at radius 1 is 1.53 bits per heavy atom. The molecule has 2 heterocycles. The zero-order chi connectivity index (χ0) is 11.4. The fourth-order valence-electron chi connectivity index (χ4n) is 2.02. The summed E-state index contributed by atoms with van der Waals surface area (Å²) in [4.78, 5) is 4.24. The molecule has 0 amide bonds. The van der Waals surface area contributed by atoms with Gasteiger partial charge in [0.2, 0.25) is 0 Å². The van der Waals surface area contributed by atoms with Crippen molar-refractivity contribution in [2.45, 2.75) is 19.6 Å². The van der Waals surface area contributed by atoms with Gasteiger partial charge in [0.15, 0.2) is 0 Å². The fourth-order valence-corrected chi connectivity index (χ4v) is 2.02. The molecule has 0 aromatic carbocycles. The lowest BCUT2D eigenvalue weighted by Crippen LogP contribution is -2.30. The number of aliphatic hydroxyl groups excluding tert-OH is 1. The molecule has 1 aromatic rings. The van der Waals surface area contributed by atoms with Crippen LogP contribution in [-0.4, -0.2) is 35.8 Å². The summed E-state index contributed by atoms with van der Waals surface area (Å²) in [5, 5.41) is 16.2. The van der Waals surface area contributed by atoms with E-state index in [2.05, 4.69) is 21.7 Å². The van der Waals surface area contributed by atoms with Crippen molar-refractivity contribution in [1.29, 1.82) is 0 Å². The molecule has 1 aliphatic rings. The van der Waals surface area contributed by atoms with Crippen molar-refractivity contribution < 1.29 is 5.11 Å². The monoisotopic (exact) mass is 257 g/mol.